The molecule has 1 aliphatic heterocycles. The summed E-state index contributed by atoms with van der Waals surface area (Å²) >= 11 is 0. The second-order valence-corrected chi connectivity index (χ2v) is 4.27. The van der Waals surface area contributed by atoms with Crippen LogP contribution in [0.5, 0.6) is 0 Å². The molecule has 0 aromatic carbocycles. The quantitative estimate of drug-likeness (QED) is 0.736. The first-order valence-electron chi connectivity index (χ1n) is 5.94. The fraction of sp³-hybridized carbons (Fsp3) is 0.462. The first kappa shape index (κ1) is 12.4. The zero-order valence-corrected chi connectivity index (χ0v) is 10.3. The van der Waals surface area contributed by atoms with Gasteiger partial charge >= 0.3 is 5.97 Å². The van der Waals surface area contributed by atoms with Gasteiger partial charge in [0.2, 0.25) is 0 Å². The lowest BCUT2D eigenvalue weighted by molar-refractivity contribution is -0.146. The van der Waals surface area contributed by atoms with Crippen LogP contribution in [0.15, 0.2) is 18.3 Å². The van der Waals surface area contributed by atoms with Gasteiger partial charge in [0.1, 0.15) is 6.07 Å². The summed E-state index contributed by atoms with van der Waals surface area (Å²) in [6, 6.07) is 5.81. The van der Waals surface area contributed by atoms with E-state index in [0.29, 0.717) is 5.69 Å². The van der Waals surface area contributed by atoms with Gasteiger partial charge in [-0.05, 0) is 25.0 Å². The van der Waals surface area contributed by atoms with Crippen molar-refractivity contribution in [2.75, 3.05) is 25.1 Å². The molecule has 0 amide bonds. The van der Waals surface area contributed by atoms with Crippen LogP contribution in [0.4, 0.5) is 5.69 Å². The van der Waals surface area contributed by atoms with Crippen molar-refractivity contribution in [2.24, 2.45) is 5.92 Å². The maximum Gasteiger partial charge on any atom is 0.308 e. The van der Waals surface area contributed by atoms with Crippen LogP contribution < -0.4 is 4.90 Å². The minimum absolute atomic E-state index is 0.0199. The van der Waals surface area contributed by atoms with Crippen molar-refractivity contribution in [3.8, 4) is 6.07 Å². The molecule has 0 unspecified atom stereocenters. The third-order valence-corrected chi connectivity index (χ3v) is 3.26. The SMILES string of the molecule is COC(=O)C1CCN(c2cccnc2C#N)CC1. The minimum atomic E-state index is -0.138. The van der Waals surface area contributed by atoms with E-state index in [4.69, 9.17) is 10.00 Å². The number of piperidine rings is 1. The number of ether oxygens (including phenoxy) is 1. The van der Waals surface area contributed by atoms with Crippen LogP contribution in [0.2, 0.25) is 0 Å². The third-order valence-electron chi connectivity index (χ3n) is 3.26. The van der Waals surface area contributed by atoms with Crippen molar-refractivity contribution >= 4 is 11.7 Å². The number of aromatic nitrogens is 1. The molecule has 1 aliphatic rings. The first-order chi connectivity index (χ1) is 8.76. The van der Waals surface area contributed by atoms with Crippen LogP contribution in [0.25, 0.3) is 0 Å². The molecule has 0 spiro atoms. The average Bonchev–Trinajstić information content (AvgIpc) is 2.46. The molecule has 1 aromatic heterocycles. The topological polar surface area (TPSA) is 66.2 Å². The van der Waals surface area contributed by atoms with E-state index in [-0.39, 0.29) is 11.9 Å². The Hall–Kier alpha value is -2.09. The Morgan fingerprint density at radius 3 is 2.89 bits per heavy atom. The van der Waals surface area contributed by atoms with Crippen molar-refractivity contribution in [2.45, 2.75) is 12.8 Å². The van der Waals surface area contributed by atoms with E-state index in [9.17, 15) is 4.79 Å². The Balaban J connectivity index is 2.06. The third kappa shape index (κ3) is 2.43. The van der Waals surface area contributed by atoms with Crippen LogP contribution in [0.3, 0.4) is 0 Å². The fourth-order valence-electron chi connectivity index (χ4n) is 2.26. The van der Waals surface area contributed by atoms with Gasteiger partial charge in [0, 0.05) is 19.3 Å². The van der Waals surface area contributed by atoms with Crippen molar-refractivity contribution in [3.05, 3.63) is 24.0 Å². The molecular weight excluding hydrogens is 230 g/mol. The second kappa shape index (κ2) is 5.50. The zero-order chi connectivity index (χ0) is 13.0. The molecule has 94 valence electrons. The Kier molecular flexibility index (Phi) is 3.78. The Morgan fingerprint density at radius 2 is 2.28 bits per heavy atom. The minimum Gasteiger partial charge on any atom is -0.469 e. The number of anilines is 1. The van der Waals surface area contributed by atoms with E-state index in [0.717, 1.165) is 31.6 Å². The molecule has 5 heteroatoms. The fourth-order valence-corrected chi connectivity index (χ4v) is 2.26. The molecule has 18 heavy (non-hydrogen) atoms. The molecule has 0 aliphatic carbocycles. The number of hydrogen-bond acceptors (Lipinski definition) is 5. The van der Waals surface area contributed by atoms with Gasteiger partial charge in [0.25, 0.3) is 0 Å². The number of pyridine rings is 1. The standard InChI is InChI=1S/C13H15N3O2/c1-18-13(17)10-4-7-16(8-5-10)12-3-2-6-15-11(12)9-14/h2-3,6,10H,4-5,7-8H2,1H3. The molecule has 0 atom stereocenters. The Labute approximate surface area is 106 Å². The van der Waals surface area contributed by atoms with E-state index in [2.05, 4.69) is 16.0 Å². The van der Waals surface area contributed by atoms with Gasteiger partial charge in [-0.1, -0.05) is 0 Å². The van der Waals surface area contributed by atoms with Crippen LogP contribution in [-0.2, 0) is 9.53 Å². The normalized spacial score (nSPS) is 16.1. The number of nitriles is 1. The predicted molar refractivity (Wildman–Crippen MR) is 65.9 cm³/mol. The molecule has 0 radical (unpaired) electrons. The van der Waals surface area contributed by atoms with Crippen molar-refractivity contribution in [1.82, 2.24) is 4.98 Å². The van der Waals surface area contributed by atoms with Gasteiger partial charge in [0.15, 0.2) is 5.69 Å². The monoisotopic (exact) mass is 245 g/mol. The van der Waals surface area contributed by atoms with Gasteiger partial charge in [0.05, 0.1) is 18.7 Å². The van der Waals surface area contributed by atoms with E-state index < -0.39 is 0 Å². The zero-order valence-electron chi connectivity index (χ0n) is 10.3. The van der Waals surface area contributed by atoms with Crippen molar-refractivity contribution in [3.63, 3.8) is 0 Å². The molecule has 1 saturated heterocycles. The summed E-state index contributed by atoms with van der Waals surface area (Å²) in [6.45, 7) is 1.50. The highest BCUT2D eigenvalue weighted by Crippen LogP contribution is 2.25. The van der Waals surface area contributed by atoms with Gasteiger partial charge in [-0.15, -0.1) is 0 Å². The lowest BCUT2D eigenvalue weighted by Crippen LogP contribution is -2.37. The molecule has 0 saturated carbocycles. The van der Waals surface area contributed by atoms with E-state index in [1.807, 2.05) is 12.1 Å². The number of nitrogens with zero attached hydrogens (tertiary/aromatic N) is 3. The number of carbonyl (C=O) groups is 1. The Morgan fingerprint density at radius 1 is 1.56 bits per heavy atom. The average molecular weight is 245 g/mol. The number of methoxy groups -OCH3 is 1. The Bertz CT molecular complexity index is 473. The maximum atomic E-state index is 11.4. The number of carbonyl (C=O) groups excluding carboxylic acids is 1. The summed E-state index contributed by atoms with van der Waals surface area (Å²) in [4.78, 5) is 17.6. The van der Waals surface area contributed by atoms with Gasteiger partial charge in [-0.3, -0.25) is 4.79 Å². The molecule has 0 bridgehead atoms. The summed E-state index contributed by atoms with van der Waals surface area (Å²) in [5.41, 5.74) is 1.29. The number of hydrogen-bond donors (Lipinski definition) is 0. The van der Waals surface area contributed by atoms with Crippen LogP contribution >= 0.6 is 0 Å². The number of esters is 1. The van der Waals surface area contributed by atoms with Crippen molar-refractivity contribution < 1.29 is 9.53 Å². The maximum absolute atomic E-state index is 11.4. The summed E-state index contributed by atoms with van der Waals surface area (Å²) in [6.07, 6.45) is 3.13. The first-order valence-corrected chi connectivity index (χ1v) is 5.94. The largest absolute Gasteiger partial charge is 0.469 e. The highest BCUT2D eigenvalue weighted by Gasteiger charge is 2.26. The molecule has 2 rings (SSSR count). The van der Waals surface area contributed by atoms with E-state index >= 15 is 0 Å². The summed E-state index contributed by atoms with van der Waals surface area (Å²) in [5.74, 6) is -0.158. The lowest BCUT2D eigenvalue weighted by Gasteiger charge is -2.32. The summed E-state index contributed by atoms with van der Waals surface area (Å²) < 4.78 is 4.75. The van der Waals surface area contributed by atoms with Gasteiger partial charge in [-0.25, -0.2) is 4.98 Å². The molecule has 1 aromatic rings. The molecule has 2 heterocycles. The highest BCUT2D eigenvalue weighted by molar-refractivity contribution is 5.72. The summed E-state index contributed by atoms with van der Waals surface area (Å²) in [5, 5.41) is 9.01. The summed E-state index contributed by atoms with van der Waals surface area (Å²) in [7, 11) is 1.42. The molecule has 5 nitrogen and oxygen atoms in total. The van der Waals surface area contributed by atoms with Gasteiger partial charge in [-0.2, -0.15) is 5.26 Å². The molecular formula is C13H15N3O2. The van der Waals surface area contributed by atoms with E-state index in [1.54, 1.807) is 6.20 Å². The smallest absolute Gasteiger partial charge is 0.308 e. The van der Waals surface area contributed by atoms with E-state index in [1.165, 1.54) is 7.11 Å². The van der Waals surface area contributed by atoms with Crippen LogP contribution in [0.1, 0.15) is 18.5 Å². The number of rotatable bonds is 2. The predicted octanol–water partition coefficient (Wildman–Crippen LogP) is 1.34. The lowest BCUT2D eigenvalue weighted by atomic mass is 9.96. The van der Waals surface area contributed by atoms with Gasteiger partial charge < -0.3 is 9.64 Å². The van der Waals surface area contributed by atoms with Crippen LogP contribution in [-0.4, -0.2) is 31.2 Å². The second-order valence-electron chi connectivity index (χ2n) is 4.27. The van der Waals surface area contributed by atoms with Crippen LogP contribution in [0, 0.1) is 17.2 Å². The molecule has 0 N–H and O–H groups in total. The molecule has 1 fully saturated rings. The van der Waals surface area contributed by atoms with Crippen molar-refractivity contribution in [1.29, 1.82) is 5.26 Å². The highest BCUT2D eigenvalue weighted by atomic mass is 16.5.